The van der Waals surface area contributed by atoms with Gasteiger partial charge in [0.25, 0.3) is 5.91 Å². The number of rotatable bonds is 4. The highest BCUT2D eigenvalue weighted by atomic mass is 16.2. The minimum atomic E-state index is -0.355. The number of hydrogen-bond acceptors (Lipinski definition) is 4. The van der Waals surface area contributed by atoms with E-state index in [0.29, 0.717) is 5.82 Å². The number of anilines is 1. The molecule has 0 radical (unpaired) electrons. The standard InChI is InChI=1S/C12H15N5O/c1-3-5-10-14-11(17-16-10)12(18)15-9-7-4-6-8(2)13-9/h4,6-7H,3,5H2,1-2H3,(H,13,15,18)(H,14,16,17). The molecule has 2 aromatic heterocycles. The van der Waals surface area contributed by atoms with Gasteiger partial charge < -0.3 is 5.32 Å². The first-order valence-corrected chi connectivity index (χ1v) is 5.85. The normalized spacial score (nSPS) is 10.3. The van der Waals surface area contributed by atoms with Gasteiger partial charge in [0.1, 0.15) is 11.6 Å². The van der Waals surface area contributed by atoms with Crippen molar-refractivity contribution in [2.75, 3.05) is 5.32 Å². The molecule has 0 aliphatic carbocycles. The lowest BCUT2D eigenvalue weighted by Gasteiger charge is -2.01. The maximum atomic E-state index is 11.8. The number of aromatic nitrogens is 4. The molecule has 2 aromatic rings. The second-order valence-corrected chi connectivity index (χ2v) is 3.97. The van der Waals surface area contributed by atoms with Crippen LogP contribution >= 0.6 is 0 Å². The molecule has 0 aromatic carbocycles. The number of amides is 1. The number of aromatic amines is 1. The van der Waals surface area contributed by atoms with E-state index in [1.807, 2.05) is 26.0 Å². The van der Waals surface area contributed by atoms with E-state index >= 15 is 0 Å². The highest BCUT2D eigenvalue weighted by Gasteiger charge is 2.12. The summed E-state index contributed by atoms with van der Waals surface area (Å²) in [7, 11) is 0. The zero-order valence-corrected chi connectivity index (χ0v) is 10.4. The van der Waals surface area contributed by atoms with E-state index in [-0.39, 0.29) is 11.7 Å². The second kappa shape index (κ2) is 5.39. The van der Waals surface area contributed by atoms with E-state index in [4.69, 9.17) is 0 Å². The summed E-state index contributed by atoms with van der Waals surface area (Å²) in [5.74, 6) is 1.01. The molecule has 2 heterocycles. The molecule has 94 valence electrons. The third-order valence-electron chi connectivity index (χ3n) is 2.35. The molecule has 0 spiro atoms. The van der Waals surface area contributed by atoms with Crippen molar-refractivity contribution < 1.29 is 4.79 Å². The molecule has 0 fully saturated rings. The lowest BCUT2D eigenvalue weighted by molar-refractivity contribution is 0.101. The first-order valence-electron chi connectivity index (χ1n) is 5.85. The fourth-order valence-electron chi connectivity index (χ4n) is 1.53. The van der Waals surface area contributed by atoms with Crippen molar-refractivity contribution in [2.24, 2.45) is 0 Å². The van der Waals surface area contributed by atoms with Crippen molar-refractivity contribution in [2.45, 2.75) is 26.7 Å². The van der Waals surface area contributed by atoms with E-state index in [0.717, 1.165) is 24.4 Å². The number of nitrogens with one attached hydrogen (secondary N) is 2. The topological polar surface area (TPSA) is 83.6 Å². The summed E-state index contributed by atoms with van der Waals surface area (Å²) in [6.45, 7) is 3.90. The zero-order chi connectivity index (χ0) is 13.0. The average Bonchev–Trinajstić information content (AvgIpc) is 2.78. The summed E-state index contributed by atoms with van der Waals surface area (Å²) < 4.78 is 0. The van der Waals surface area contributed by atoms with Crippen LogP contribution in [0.3, 0.4) is 0 Å². The van der Waals surface area contributed by atoms with Crippen LogP contribution in [0.2, 0.25) is 0 Å². The first kappa shape index (κ1) is 12.2. The van der Waals surface area contributed by atoms with Crippen molar-refractivity contribution in [3.05, 3.63) is 35.5 Å². The number of carbonyl (C=O) groups is 1. The molecule has 0 bridgehead atoms. The summed E-state index contributed by atoms with van der Waals surface area (Å²) in [6, 6.07) is 5.42. The van der Waals surface area contributed by atoms with Crippen LogP contribution in [-0.2, 0) is 6.42 Å². The van der Waals surface area contributed by atoms with Gasteiger partial charge in [-0.25, -0.2) is 9.97 Å². The average molecular weight is 245 g/mol. The zero-order valence-electron chi connectivity index (χ0n) is 10.4. The SMILES string of the molecule is CCCc1nc(C(=O)Nc2cccc(C)n2)n[nH]1. The molecular formula is C12H15N5O. The van der Waals surface area contributed by atoms with Crippen LogP contribution in [0.4, 0.5) is 5.82 Å². The molecular weight excluding hydrogens is 230 g/mol. The van der Waals surface area contributed by atoms with Crippen LogP contribution in [0, 0.1) is 6.92 Å². The monoisotopic (exact) mass is 245 g/mol. The molecule has 18 heavy (non-hydrogen) atoms. The number of hydrogen-bond donors (Lipinski definition) is 2. The van der Waals surface area contributed by atoms with Gasteiger partial charge in [-0.1, -0.05) is 13.0 Å². The fourth-order valence-corrected chi connectivity index (χ4v) is 1.53. The van der Waals surface area contributed by atoms with Crippen molar-refractivity contribution in [3.63, 3.8) is 0 Å². The van der Waals surface area contributed by atoms with Crippen LogP contribution in [0.25, 0.3) is 0 Å². The Morgan fingerprint density at radius 1 is 1.39 bits per heavy atom. The Morgan fingerprint density at radius 3 is 2.94 bits per heavy atom. The van der Waals surface area contributed by atoms with E-state index < -0.39 is 0 Å². The number of pyridine rings is 1. The minimum absolute atomic E-state index is 0.141. The molecule has 0 atom stereocenters. The van der Waals surface area contributed by atoms with Gasteiger partial charge in [0.05, 0.1) is 0 Å². The third kappa shape index (κ3) is 2.91. The van der Waals surface area contributed by atoms with E-state index in [2.05, 4.69) is 25.5 Å². The molecule has 0 saturated carbocycles. The molecule has 6 nitrogen and oxygen atoms in total. The molecule has 0 saturated heterocycles. The summed E-state index contributed by atoms with van der Waals surface area (Å²) in [6.07, 6.45) is 1.73. The van der Waals surface area contributed by atoms with Crippen molar-refractivity contribution in [3.8, 4) is 0 Å². The van der Waals surface area contributed by atoms with Gasteiger partial charge in [-0.15, -0.1) is 5.10 Å². The molecule has 0 aliphatic heterocycles. The largest absolute Gasteiger partial charge is 0.304 e. The number of nitrogens with zero attached hydrogens (tertiary/aromatic N) is 3. The van der Waals surface area contributed by atoms with Gasteiger partial charge in [0, 0.05) is 12.1 Å². The van der Waals surface area contributed by atoms with Gasteiger partial charge >= 0.3 is 0 Å². The molecule has 6 heteroatoms. The number of carbonyl (C=O) groups excluding carboxylic acids is 1. The van der Waals surface area contributed by atoms with Crippen molar-refractivity contribution in [1.82, 2.24) is 20.2 Å². The van der Waals surface area contributed by atoms with Crippen LogP contribution in [0.5, 0.6) is 0 Å². The van der Waals surface area contributed by atoms with Crippen molar-refractivity contribution >= 4 is 11.7 Å². The summed E-state index contributed by atoms with van der Waals surface area (Å²) in [4.78, 5) is 20.1. The van der Waals surface area contributed by atoms with Gasteiger partial charge in [-0.05, 0) is 25.5 Å². The first-order chi connectivity index (χ1) is 8.69. The van der Waals surface area contributed by atoms with Crippen LogP contribution in [0.1, 0.15) is 35.5 Å². The summed E-state index contributed by atoms with van der Waals surface area (Å²) in [5, 5.41) is 9.28. The lowest BCUT2D eigenvalue weighted by atomic mass is 10.3. The van der Waals surface area contributed by atoms with E-state index in [1.54, 1.807) is 6.07 Å². The van der Waals surface area contributed by atoms with Crippen molar-refractivity contribution in [1.29, 1.82) is 0 Å². The molecule has 2 N–H and O–H groups in total. The third-order valence-corrected chi connectivity index (χ3v) is 2.35. The quantitative estimate of drug-likeness (QED) is 0.859. The smallest absolute Gasteiger partial charge is 0.296 e. The Morgan fingerprint density at radius 2 is 2.22 bits per heavy atom. The minimum Gasteiger partial charge on any atom is -0.304 e. The highest BCUT2D eigenvalue weighted by molar-refractivity contribution is 6.00. The van der Waals surface area contributed by atoms with Crippen LogP contribution in [0.15, 0.2) is 18.2 Å². The molecule has 0 unspecified atom stereocenters. The number of H-pyrrole nitrogens is 1. The Balaban J connectivity index is 2.07. The second-order valence-electron chi connectivity index (χ2n) is 3.97. The fraction of sp³-hybridized carbons (Fsp3) is 0.333. The van der Waals surface area contributed by atoms with Crippen LogP contribution in [-0.4, -0.2) is 26.1 Å². The predicted molar refractivity (Wildman–Crippen MR) is 67.3 cm³/mol. The molecule has 0 aliphatic rings. The maximum absolute atomic E-state index is 11.8. The predicted octanol–water partition coefficient (Wildman–Crippen LogP) is 1.71. The van der Waals surface area contributed by atoms with E-state index in [9.17, 15) is 4.79 Å². The summed E-state index contributed by atoms with van der Waals surface area (Å²) in [5.41, 5.74) is 0.842. The van der Waals surface area contributed by atoms with E-state index in [1.165, 1.54) is 0 Å². The highest BCUT2D eigenvalue weighted by Crippen LogP contribution is 2.05. The number of aryl methyl sites for hydroxylation is 2. The molecule has 1 amide bonds. The Kier molecular flexibility index (Phi) is 3.66. The lowest BCUT2D eigenvalue weighted by Crippen LogP contribution is -2.15. The van der Waals surface area contributed by atoms with Gasteiger partial charge in [0.15, 0.2) is 0 Å². The van der Waals surface area contributed by atoms with Crippen LogP contribution < -0.4 is 5.32 Å². The van der Waals surface area contributed by atoms with Gasteiger partial charge in [0.2, 0.25) is 5.82 Å². The van der Waals surface area contributed by atoms with Gasteiger partial charge in [-0.3, -0.25) is 9.89 Å². The van der Waals surface area contributed by atoms with Gasteiger partial charge in [-0.2, -0.15) is 0 Å². The summed E-state index contributed by atoms with van der Waals surface area (Å²) >= 11 is 0. The molecule has 2 rings (SSSR count). The Labute approximate surface area is 105 Å². The Bertz CT molecular complexity index is 549. The maximum Gasteiger partial charge on any atom is 0.296 e. The Hall–Kier alpha value is -2.24.